The maximum Gasteiger partial charge on any atom is 0.0656 e. The first kappa shape index (κ1) is 13.0. The van der Waals surface area contributed by atoms with Gasteiger partial charge in [-0.25, -0.2) is 0 Å². The number of aromatic nitrogens is 2. The van der Waals surface area contributed by atoms with Gasteiger partial charge in [0.05, 0.1) is 14.6 Å². The van der Waals surface area contributed by atoms with Gasteiger partial charge in [-0.15, -0.1) is 11.3 Å². The summed E-state index contributed by atoms with van der Waals surface area (Å²) in [5, 5.41) is 6.49. The summed E-state index contributed by atoms with van der Waals surface area (Å²) in [7, 11) is 1.97. The number of halogens is 1. The van der Waals surface area contributed by atoms with Crippen molar-refractivity contribution in [1.82, 2.24) is 15.2 Å². The molecule has 17 heavy (non-hydrogen) atoms. The molecule has 0 bridgehead atoms. The predicted octanol–water partition coefficient (Wildman–Crippen LogP) is 2.14. The average Bonchev–Trinajstić information content (AvgIpc) is 2.82. The van der Waals surface area contributed by atoms with Gasteiger partial charge in [-0.3, -0.25) is 16.0 Å². The van der Waals surface area contributed by atoms with E-state index in [1.165, 1.54) is 14.1 Å². The van der Waals surface area contributed by atoms with Crippen LogP contribution in [0.5, 0.6) is 0 Å². The summed E-state index contributed by atoms with van der Waals surface area (Å²) in [4.78, 5) is 0. The number of hydrazine groups is 1. The molecule has 0 amide bonds. The van der Waals surface area contributed by atoms with Crippen LogP contribution < -0.4 is 11.3 Å². The van der Waals surface area contributed by atoms with Crippen LogP contribution in [0, 0.1) is 9.81 Å². The average molecular weight is 362 g/mol. The normalized spacial score (nSPS) is 12.9. The molecule has 0 saturated heterocycles. The van der Waals surface area contributed by atoms with Crippen molar-refractivity contribution in [2.75, 3.05) is 0 Å². The van der Waals surface area contributed by atoms with E-state index in [4.69, 9.17) is 5.84 Å². The molecule has 0 fully saturated rings. The van der Waals surface area contributed by atoms with E-state index in [-0.39, 0.29) is 6.04 Å². The van der Waals surface area contributed by atoms with Gasteiger partial charge >= 0.3 is 0 Å². The van der Waals surface area contributed by atoms with Crippen LogP contribution >= 0.6 is 33.9 Å². The molecule has 0 aliphatic rings. The Labute approximate surface area is 118 Å². The van der Waals surface area contributed by atoms with Crippen molar-refractivity contribution in [3.05, 3.63) is 37.3 Å². The Balaban J connectivity index is 2.18. The summed E-state index contributed by atoms with van der Waals surface area (Å²) in [6, 6.07) is 4.41. The van der Waals surface area contributed by atoms with Crippen molar-refractivity contribution < 1.29 is 0 Å². The summed E-state index contributed by atoms with van der Waals surface area (Å²) >= 11 is 4.06. The van der Waals surface area contributed by atoms with Gasteiger partial charge in [0, 0.05) is 19.2 Å². The highest BCUT2D eigenvalue weighted by Crippen LogP contribution is 2.24. The molecule has 0 aliphatic heterocycles. The third kappa shape index (κ3) is 3.06. The van der Waals surface area contributed by atoms with Gasteiger partial charge in [-0.1, -0.05) is 0 Å². The van der Waals surface area contributed by atoms with Crippen LogP contribution in [0.2, 0.25) is 0 Å². The first-order valence-corrected chi connectivity index (χ1v) is 7.25. The fraction of sp³-hybridized carbons (Fsp3) is 0.364. The number of aryl methyl sites for hydroxylation is 2. The molecule has 0 spiro atoms. The largest absolute Gasteiger partial charge is 0.272 e. The lowest BCUT2D eigenvalue weighted by Gasteiger charge is -2.14. The molecule has 1 unspecified atom stereocenters. The van der Waals surface area contributed by atoms with Gasteiger partial charge < -0.3 is 0 Å². The predicted molar refractivity (Wildman–Crippen MR) is 78.7 cm³/mol. The first-order chi connectivity index (χ1) is 8.10. The van der Waals surface area contributed by atoms with E-state index in [1.54, 1.807) is 11.3 Å². The number of nitrogens with zero attached hydrogens (tertiary/aromatic N) is 2. The quantitative estimate of drug-likeness (QED) is 0.498. The number of hydrogen-bond donors (Lipinski definition) is 2. The molecular formula is C11H15IN4S. The van der Waals surface area contributed by atoms with Gasteiger partial charge in [0.2, 0.25) is 0 Å². The zero-order valence-corrected chi connectivity index (χ0v) is 12.7. The molecule has 0 aliphatic carbocycles. The van der Waals surface area contributed by atoms with Gasteiger partial charge in [0.25, 0.3) is 0 Å². The molecule has 0 aromatic carbocycles. The van der Waals surface area contributed by atoms with Crippen LogP contribution in [0.1, 0.15) is 23.0 Å². The molecule has 2 aromatic rings. The van der Waals surface area contributed by atoms with Crippen LogP contribution in [-0.4, -0.2) is 9.78 Å². The SMILES string of the molecule is Cc1cc(CC(NN)c2csc(I)c2)n(C)n1. The Bertz CT molecular complexity index is 505. The Morgan fingerprint density at radius 2 is 2.35 bits per heavy atom. The van der Waals surface area contributed by atoms with E-state index in [0.717, 1.165) is 12.1 Å². The molecule has 4 nitrogen and oxygen atoms in total. The fourth-order valence-electron chi connectivity index (χ4n) is 1.84. The zero-order chi connectivity index (χ0) is 12.4. The van der Waals surface area contributed by atoms with E-state index in [1.807, 2.05) is 18.7 Å². The summed E-state index contributed by atoms with van der Waals surface area (Å²) in [5.41, 5.74) is 6.34. The van der Waals surface area contributed by atoms with Gasteiger partial charge in [0.15, 0.2) is 0 Å². The zero-order valence-electron chi connectivity index (χ0n) is 9.77. The molecule has 2 heterocycles. The molecule has 0 saturated carbocycles. The van der Waals surface area contributed by atoms with E-state index in [2.05, 4.69) is 50.6 Å². The number of hydrogen-bond acceptors (Lipinski definition) is 4. The third-order valence-electron chi connectivity index (χ3n) is 2.70. The summed E-state index contributed by atoms with van der Waals surface area (Å²) in [6.45, 7) is 2.00. The molecule has 1 atom stereocenters. The van der Waals surface area contributed by atoms with Gasteiger partial charge in [-0.05, 0) is 52.6 Å². The summed E-state index contributed by atoms with van der Waals surface area (Å²) in [5.74, 6) is 5.64. The van der Waals surface area contributed by atoms with Crippen molar-refractivity contribution in [1.29, 1.82) is 0 Å². The van der Waals surface area contributed by atoms with Crippen LogP contribution in [0.3, 0.4) is 0 Å². The van der Waals surface area contributed by atoms with Crippen molar-refractivity contribution in [3.63, 3.8) is 0 Å². The van der Waals surface area contributed by atoms with Crippen molar-refractivity contribution in [2.45, 2.75) is 19.4 Å². The number of nitrogens with two attached hydrogens (primary N) is 1. The first-order valence-electron chi connectivity index (χ1n) is 5.29. The summed E-state index contributed by atoms with van der Waals surface area (Å²) < 4.78 is 3.19. The maximum atomic E-state index is 5.64. The molecule has 3 N–H and O–H groups in total. The van der Waals surface area contributed by atoms with Gasteiger partial charge in [-0.2, -0.15) is 5.10 Å². The minimum atomic E-state index is 0.143. The summed E-state index contributed by atoms with van der Waals surface area (Å²) in [6.07, 6.45) is 0.848. The number of thiophene rings is 1. The maximum absolute atomic E-state index is 5.64. The fourth-order valence-corrected chi connectivity index (χ4v) is 3.27. The van der Waals surface area contributed by atoms with Crippen LogP contribution in [-0.2, 0) is 13.5 Å². The number of nitrogens with one attached hydrogen (secondary N) is 1. The third-order valence-corrected chi connectivity index (χ3v) is 4.51. The van der Waals surface area contributed by atoms with Gasteiger partial charge in [0.1, 0.15) is 0 Å². The minimum Gasteiger partial charge on any atom is -0.272 e. The Morgan fingerprint density at radius 3 is 2.82 bits per heavy atom. The highest BCUT2D eigenvalue weighted by molar-refractivity contribution is 14.1. The second kappa shape index (κ2) is 5.47. The molecule has 2 aromatic heterocycles. The highest BCUT2D eigenvalue weighted by atomic mass is 127. The van der Waals surface area contributed by atoms with E-state index in [9.17, 15) is 0 Å². The van der Waals surface area contributed by atoms with Crippen molar-refractivity contribution in [3.8, 4) is 0 Å². The molecule has 2 rings (SSSR count). The molecule has 0 radical (unpaired) electrons. The van der Waals surface area contributed by atoms with Crippen molar-refractivity contribution in [2.24, 2.45) is 12.9 Å². The highest BCUT2D eigenvalue weighted by Gasteiger charge is 2.14. The second-order valence-corrected chi connectivity index (χ2v) is 6.81. The lowest BCUT2D eigenvalue weighted by Crippen LogP contribution is -2.29. The molecular weight excluding hydrogens is 347 g/mol. The van der Waals surface area contributed by atoms with E-state index >= 15 is 0 Å². The second-order valence-electron chi connectivity index (χ2n) is 4.01. The van der Waals surface area contributed by atoms with E-state index in [0.29, 0.717) is 0 Å². The topological polar surface area (TPSA) is 55.9 Å². The standard InChI is InChI=1S/C11H15IN4S/c1-7-3-9(16(2)15-7)5-10(14-13)8-4-11(12)17-6-8/h3-4,6,10,14H,5,13H2,1-2H3. The van der Waals surface area contributed by atoms with Crippen LogP contribution in [0.4, 0.5) is 0 Å². The van der Waals surface area contributed by atoms with E-state index < -0.39 is 0 Å². The minimum absolute atomic E-state index is 0.143. The Hall–Kier alpha value is -0.440. The molecule has 6 heteroatoms. The smallest absolute Gasteiger partial charge is 0.0656 e. The molecule has 92 valence electrons. The Morgan fingerprint density at radius 1 is 1.59 bits per heavy atom. The lowest BCUT2D eigenvalue weighted by atomic mass is 10.1. The van der Waals surface area contributed by atoms with Crippen LogP contribution in [0.15, 0.2) is 17.5 Å². The Kier molecular flexibility index (Phi) is 4.18. The lowest BCUT2D eigenvalue weighted by molar-refractivity contribution is 0.531. The number of rotatable bonds is 4. The monoisotopic (exact) mass is 362 g/mol. The van der Waals surface area contributed by atoms with Crippen LogP contribution in [0.25, 0.3) is 0 Å². The van der Waals surface area contributed by atoms with Crippen molar-refractivity contribution >= 4 is 33.9 Å².